The fourth-order valence-electron chi connectivity index (χ4n) is 7.03. The maximum Gasteiger partial charge on any atom is 0.348 e. The quantitative estimate of drug-likeness (QED) is 0.193. The van der Waals surface area contributed by atoms with Crippen molar-refractivity contribution >= 4 is 35.9 Å². The number of fused-ring (bicyclic) bond motifs is 2. The van der Waals surface area contributed by atoms with Crippen molar-refractivity contribution in [1.82, 2.24) is 5.32 Å². The van der Waals surface area contributed by atoms with Gasteiger partial charge in [-0.15, -0.1) is 0 Å². The Kier molecular flexibility index (Phi) is 11.1. The number of esters is 4. The third-order valence-corrected chi connectivity index (χ3v) is 9.74. The van der Waals surface area contributed by atoms with Crippen LogP contribution in [0.4, 0.5) is 0 Å². The molecule has 2 aliphatic carbocycles. The van der Waals surface area contributed by atoms with E-state index in [0.29, 0.717) is 24.0 Å². The number of ether oxygens (including phenoxy) is 6. The molecule has 2 saturated heterocycles. The summed E-state index contributed by atoms with van der Waals surface area (Å²) in [5.41, 5.74) is 2.01. The lowest BCUT2D eigenvalue weighted by Crippen LogP contribution is -2.45. The first-order valence-electron chi connectivity index (χ1n) is 18.2. The first-order chi connectivity index (χ1) is 25.5. The summed E-state index contributed by atoms with van der Waals surface area (Å²) in [5, 5.41) is 12.8. The molecule has 0 aromatic heterocycles. The number of aliphatic hydroxyl groups excluding tert-OH is 1. The highest BCUT2D eigenvalue weighted by atomic mass is 16.8. The summed E-state index contributed by atoms with van der Waals surface area (Å²) < 4.78 is 34.8. The second-order valence-corrected chi connectivity index (χ2v) is 15.9. The number of hydrogen-bond donors (Lipinski definition) is 2. The molecule has 4 aliphatic rings. The van der Waals surface area contributed by atoms with Crippen LogP contribution in [0, 0.1) is 5.41 Å². The van der Waals surface area contributed by atoms with Gasteiger partial charge in [-0.1, -0.05) is 50.2 Å². The molecular weight excluding hydrogens is 698 g/mol. The number of cyclic esters (lactones) is 1. The number of hydrogen-bond acceptors (Lipinski definition) is 12. The molecule has 6 rings (SSSR count). The molecule has 2 heterocycles. The van der Waals surface area contributed by atoms with Gasteiger partial charge in [-0.3, -0.25) is 9.59 Å². The Hall–Kier alpha value is -4.85. The van der Waals surface area contributed by atoms with Crippen molar-refractivity contribution in [2.45, 2.75) is 109 Å². The van der Waals surface area contributed by atoms with Gasteiger partial charge in [-0.25, -0.2) is 14.4 Å². The van der Waals surface area contributed by atoms with Crippen molar-refractivity contribution in [3.63, 3.8) is 0 Å². The van der Waals surface area contributed by atoms with E-state index in [2.05, 4.69) is 5.32 Å². The molecule has 1 spiro atoms. The summed E-state index contributed by atoms with van der Waals surface area (Å²) >= 11 is 0. The number of carbonyl (C=O) groups excluding carboxylic acids is 5. The van der Waals surface area contributed by atoms with Gasteiger partial charge in [-0.2, -0.15) is 0 Å². The molecule has 54 heavy (non-hydrogen) atoms. The van der Waals surface area contributed by atoms with E-state index in [1.165, 1.54) is 12.2 Å². The van der Waals surface area contributed by atoms with Gasteiger partial charge in [0.25, 0.3) is 0 Å². The lowest BCUT2D eigenvalue weighted by molar-refractivity contribution is -0.172. The molecule has 2 aromatic carbocycles. The van der Waals surface area contributed by atoms with Crippen LogP contribution < -0.4 is 5.32 Å². The van der Waals surface area contributed by atoms with Crippen LogP contribution in [0.25, 0.3) is 6.08 Å². The summed E-state index contributed by atoms with van der Waals surface area (Å²) in [6.45, 7) is 8.61. The Morgan fingerprint density at radius 3 is 2.30 bits per heavy atom. The van der Waals surface area contributed by atoms with Gasteiger partial charge in [0.05, 0.1) is 18.2 Å². The topological polar surface area (TPSA) is 173 Å². The maximum atomic E-state index is 13.6. The Labute approximate surface area is 314 Å². The molecule has 2 aliphatic heterocycles. The van der Waals surface area contributed by atoms with Gasteiger partial charge in [-0.05, 0) is 68.2 Å². The molecule has 2 aromatic rings. The molecule has 0 radical (unpaired) electrons. The lowest BCUT2D eigenvalue weighted by Gasteiger charge is -2.31. The highest BCUT2D eigenvalue weighted by Crippen LogP contribution is 2.45. The van der Waals surface area contributed by atoms with Crippen LogP contribution in [0.1, 0.15) is 80.9 Å². The molecule has 2 N–H and O–H groups in total. The predicted molar refractivity (Wildman–Crippen MR) is 192 cm³/mol. The van der Waals surface area contributed by atoms with Crippen molar-refractivity contribution in [2.24, 2.45) is 5.41 Å². The number of benzene rings is 2. The average molecular weight is 746 g/mol. The molecular formula is C41H47NO12. The minimum absolute atomic E-state index is 0.000699. The highest BCUT2D eigenvalue weighted by Gasteiger charge is 2.55. The van der Waals surface area contributed by atoms with E-state index < -0.39 is 83.7 Å². The van der Waals surface area contributed by atoms with Gasteiger partial charge < -0.3 is 38.8 Å². The van der Waals surface area contributed by atoms with Gasteiger partial charge in [0.2, 0.25) is 12.0 Å². The number of carbonyl (C=O) groups is 5. The number of nitrogens with one attached hydrogen (secondary N) is 1. The molecule has 13 nitrogen and oxygen atoms in total. The second-order valence-electron chi connectivity index (χ2n) is 15.9. The summed E-state index contributed by atoms with van der Waals surface area (Å²) in [6, 6.07) is 13.6. The van der Waals surface area contributed by atoms with Crippen molar-refractivity contribution in [3.05, 3.63) is 88.5 Å². The van der Waals surface area contributed by atoms with Crippen LogP contribution in [0.15, 0.2) is 66.3 Å². The van der Waals surface area contributed by atoms with E-state index in [-0.39, 0.29) is 31.4 Å². The smallest absolute Gasteiger partial charge is 0.348 e. The Morgan fingerprint density at radius 1 is 1.00 bits per heavy atom. The van der Waals surface area contributed by atoms with E-state index >= 15 is 0 Å². The van der Waals surface area contributed by atoms with Crippen molar-refractivity contribution in [2.75, 3.05) is 13.2 Å². The van der Waals surface area contributed by atoms with E-state index in [1.807, 2.05) is 24.3 Å². The van der Waals surface area contributed by atoms with E-state index in [4.69, 9.17) is 28.4 Å². The SMILES string of the molecule is CC(C)(C)OC(=O)CCC(CO)NC(=O)C1=CC2OC3(Cc4ccccc4C3)OC2C(OC(=O)c2ccc(C=CC(=O)OC3C(=O)OCC3(C)C)cc2)C1. The van der Waals surface area contributed by atoms with E-state index in [9.17, 15) is 29.1 Å². The zero-order chi connectivity index (χ0) is 38.8. The van der Waals surface area contributed by atoms with Crippen molar-refractivity contribution in [3.8, 4) is 0 Å². The largest absolute Gasteiger partial charge is 0.462 e. The lowest BCUT2D eigenvalue weighted by atomic mass is 9.90. The highest BCUT2D eigenvalue weighted by molar-refractivity contribution is 5.95. The van der Waals surface area contributed by atoms with Crippen LogP contribution >= 0.6 is 0 Å². The minimum atomic E-state index is -0.999. The first kappa shape index (κ1) is 38.9. The number of rotatable bonds is 11. The number of amides is 1. The minimum Gasteiger partial charge on any atom is -0.462 e. The summed E-state index contributed by atoms with van der Waals surface area (Å²) in [7, 11) is 0. The van der Waals surface area contributed by atoms with Crippen LogP contribution in [-0.4, -0.2) is 90.0 Å². The third kappa shape index (κ3) is 9.08. The predicted octanol–water partition coefficient (Wildman–Crippen LogP) is 3.93. The van der Waals surface area contributed by atoms with Gasteiger partial charge >= 0.3 is 23.9 Å². The Balaban J connectivity index is 1.13. The number of aliphatic hydroxyl groups is 1. The van der Waals surface area contributed by atoms with Crippen LogP contribution in [0.2, 0.25) is 0 Å². The molecule has 0 bridgehead atoms. The zero-order valence-corrected chi connectivity index (χ0v) is 31.1. The van der Waals surface area contributed by atoms with Crippen LogP contribution in [-0.2, 0) is 60.4 Å². The maximum absolute atomic E-state index is 13.6. The monoisotopic (exact) mass is 745 g/mol. The standard InChI is InChI=1S/C41H47NO12/c1-39(2,3)53-33(45)17-15-29(22-43)42-36(46)28-18-30(34-31(19-28)52-41(54-34)20-26-8-6-7-9-27(26)21-41)50-37(47)25-13-10-24(11-14-25)12-16-32(44)51-35-38(48)49-23-40(35,4)5/h6-14,16,19,29-31,34-35,43H,15,17-18,20-23H2,1-5H3,(H,42,46). The fourth-order valence-corrected chi connectivity index (χ4v) is 7.03. The van der Waals surface area contributed by atoms with E-state index in [0.717, 1.165) is 11.1 Å². The fraction of sp³-hybridized carbons (Fsp3) is 0.488. The first-order valence-corrected chi connectivity index (χ1v) is 18.2. The van der Waals surface area contributed by atoms with Gasteiger partial charge in [0, 0.05) is 42.7 Å². The molecule has 1 amide bonds. The molecule has 288 valence electrons. The van der Waals surface area contributed by atoms with Crippen LogP contribution in [0.5, 0.6) is 0 Å². The summed E-state index contributed by atoms with van der Waals surface area (Å²) in [4.78, 5) is 63.8. The Morgan fingerprint density at radius 2 is 1.69 bits per heavy atom. The van der Waals surface area contributed by atoms with Crippen molar-refractivity contribution in [1.29, 1.82) is 0 Å². The average Bonchev–Trinajstić information content (AvgIpc) is 3.75. The third-order valence-electron chi connectivity index (χ3n) is 9.74. The second kappa shape index (κ2) is 15.5. The van der Waals surface area contributed by atoms with Crippen molar-refractivity contribution < 1.29 is 57.5 Å². The molecule has 5 unspecified atom stereocenters. The molecule has 0 saturated carbocycles. The molecule has 2 fully saturated rings. The summed E-state index contributed by atoms with van der Waals surface area (Å²) in [5.74, 6) is -3.85. The van der Waals surface area contributed by atoms with Gasteiger partial charge in [0.15, 0.2) is 5.79 Å². The zero-order valence-electron chi connectivity index (χ0n) is 31.1. The summed E-state index contributed by atoms with van der Waals surface area (Å²) in [6.07, 6.45) is 2.26. The van der Waals surface area contributed by atoms with Gasteiger partial charge in [0.1, 0.15) is 30.5 Å². The van der Waals surface area contributed by atoms with E-state index in [1.54, 1.807) is 65.0 Å². The molecule has 5 atom stereocenters. The normalized spacial score (nSPS) is 24.3. The van der Waals surface area contributed by atoms with Crippen LogP contribution in [0.3, 0.4) is 0 Å². The Bertz CT molecular complexity index is 1810. The molecule has 13 heteroatoms.